The van der Waals surface area contributed by atoms with Crippen molar-refractivity contribution >= 4 is 14.1 Å². The highest BCUT2D eigenvalue weighted by Crippen LogP contribution is 2.55. The smallest absolute Gasteiger partial charge is 0.202 e. The van der Waals surface area contributed by atoms with Crippen LogP contribution >= 0.6 is 0 Å². The lowest BCUT2D eigenvalue weighted by atomic mass is 9.73. The van der Waals surface area contributed by atoms with E-state index >= 15 is 0 Å². The normalized spacial score (nSPS) is 23.0. The van der Waals surface area contributed by atoms with Crippen molar-refractivity contribution in [2.45, 2.75) is 76.6 Å². The van der Waals surface area contributed by atoms with Crippen LogP contribution in [0.4, 0.5) is 0 Å². The van der Waals surface area contributed by atoms with Gasteiger partial charge in [0, 0.05) is 5.56 Å². The van der Waals surface area contributed by atoms with E-state index in [1.165, 1.54) is 0 Å². The first kappa shape index (κ1) is 22.2. The van der Waals surface area contributed by atoms with Gasteiger partial charge < -0.3 is 4.43 Å². The zero-order valence-corrected chi connectivity index (χ0v) is 20.8. The maximum atomic E-state index is 14.0. The molecule has 0 saturated carbocycles. The van der Waals surface area contributed by atoms with Crippen LogP contribution in [0, 0.1) is 5.92 Å². The Morgan fingerprint density at radius 2 is 1.39 bits per heavy atom. The molecular weight excluding hydrogens is 396 g/mol. The lowest BCUT2D eigenvalue weighted by Gasteiger charge is -2.52. The Bertz CT molecular complexity index is 982. The minimum absolute atomic E-state index is 0.189. The molecule has 0 N–H and O–H groups in total. The van der Waals surface area contributed by atoms with Crippen LogP contribution in [0.5, 0.6) is 0 Å². The van der Waals surface area contributed by atoms with Gasteiger partial charge in [0.05, 0.1) is 5.92 Å². The highest BCUT2D eigenvalue weighted by atomic mass is 28.4. The minimum atomic E-state index is -2.26. The van der Waals surface area contributed by atoms with Gasteiger partial charge in [0.15, 0.2) is 5.78 Å². The van der Waals surface area contributed by atoms with Crippen LogP contribution in [-0.4, -0.2) is 14.1 Å². The third-order valence-corrected chi connectivity index (χ3v) is 13.8. The summed E-state index contributed by atoms with van der Waals surface area (Å²) in [6, 6.07) is 16.7. The van der Waals surface area contributed by atoms with Crippen molar-refractivity contribution < 1.29 is 9.22 Å². The van der Waals surface area contributed by atoms with Gasteiger partial charge in [0.2, 0.25) is 8.32 Å². The first-order chi connectivity index (χ1) is 14.8. The minimum Gasteiger partial charge on any atom is -0.402 e. The van der Waals surface area contributed by atoms with E-state index in [1.807, 2.05) is 18.2 Å². The van der Waals surface area contributed by atoms with Crippen LogP contribution in [0.15, 0.2) is 60.7 Å². The molecule has 2 aromatic rings. The molecule has 0 radical (unpaired) electrons. The Kier molecular flexibility index (Phi) is 5.87. The molecule has 2 atom stereocenters. The number of benzene rings is 2. The van der Waals surface area contributed by atoms with Gasteiger partial charge >= 0.3 is 0 Å². The summed E-state index contributed by atoms with van der Waals surface area (Å²) < 4.78 is 7.59. The van der Waals surface area contributed by atoms with E-state index in [1.54, 1.807) is 0 Å². The number of carbonyl (C=O) groups is 1. The zero-order chi connectivity index (χ0) is 22.4. The number of Topliss-reactive ketones (excluding diaryl/α,β-unsaturated/α-hetero) is 1. The first-order valence-electron chi connectivity index (χ1n) is 11.9. The highest BCUT2D eigenvalue weighted by Gasteiger charge is 2.56. The molecule has 0 fully saturated rings. The molecule has 0 bridgehead atoms. The summed E-state index contributed by atoms with van der Waals surface area (Å²) in [5.41, 5.74) is 4.83. The topological polar surface area (TPSA) is 26.3 Å². The summed E-state index contributed by atoms with van der Waals surface area (Å²) >= 11 is 0. The molecule has 164 valence electrons. The van der Waals surface area contributed by atoms with Gasteiger partial charge in [-0.05, 0) is 46.2 Å². The lowest BCUT2D eigenvalue weighted by molar-refractivity contribution is 0.0244. The molecule has 0 saturated heterocycles. The van der Waals surface area contributed by atoms with E-state index in [-0.39, 0.29) is 11.7 Å². The van der Waals surface area contributed by atoms with Crippen LogP contribution in [-0.2, 0) is 10.0 Å². The maximum Gasteiger partial charge on any atom is 0.202 e. The Hall–Kier alpha value is -1.97. The molecule has 0 heterocycles. The standard InChI is InChI=1S/C28H36O2Si/c1-19(2)31(20(3)4,21(5)6)30-28-18-12-11-17-26(28)27(29)24-15-8-7-13-22(24)23-14-9-10-16-25(23)28/h7-10,12-16,18-21,26H,11,17H2,1-6H3. The summed E-state index contributed by atoms with van der Waals surface area (Å²) in [5, 5.41) is 0. The van der Waals surface area contributed by atoms with Crippen molar-refractivity contribution in [2.75, 3.05) is 0 Å². The Morgan fingerprint density at radius 1 is 0.839 bits per heavy atom. The van der Waals surface area contributed by atoms with Crippen molar-refractivity contribution in [1.29, 1.82) is 0 Å². The molecule has 2 nitrogen and oxygen atoms in total. The van der Waals surface area contributed by atoms with E-state index in [4.69, 9.17) is 4.43 Å². The number of rotatable bonds is 5. The van der Waals surface area contributed by atoms with Crippen LogP contribution in [0.25, 0.3) is 11.1 Å². The van der Waals surface area contributed by atoms with Crippen molar-refractivity contribution in [3.63, 3.8) is 0 Å². The van der Waals surface area contributed by atoms with Crippen LogP contribution in [0.2, 0.25) is 16.6 Å². The lowest BCUT2D eigenvalue weighted by Crippen LogP contribution is -2.56. The highest BCUT2D eigenvalue weighted by molar-refractivity contribution is 6.77. The van der Waals surface area contributed by atoms with Gasteiger partial charge in [0.25, 0.3) is 0 Å². The summed E-state index contributed by atoms with van der Waals surface area (Å²) in [6.07, 6.45) is 6.25. The Morgan fingerprint density at radius 3 is 2.00 bits per heavy atom. The number of fused-ring (bicyclic) bond motifs is 5. The van der Waals surface area contributed by atoms with Crippen molar-refractivity contribution in [1.82, 2.24) is 0 Å². The van der Waals surface area contributed by atoms with E-state index in [2.05, 4.69) is 84.0 Å². The summed E-state index contributed by atoms with van der Waals surface area (Å²) in [4.78, 5) is 14.0. The fourth-order valence-corrected chi connectivity index (χ4v) is 12.1. The van der Waals surface area contributed by atoms with Crippen molar-refractivity contribution in [3.05, 3.63) is 71.8 Å². The quantitative estimate of drug-likeness (QED) is 0.354. The van der Waals surface area contributed by atoms with Gasteiger partial charge in [-0.25, -0.2) is 0 Å². The summed E-state index contributed by atoms with van der Waals surface area (Å²) in [5.74, 6) is 0.0424. The summed E-state index contributed by atoms with van der Waals surface area (Å²) in [7, 11) is -2.26. The fraction of sp³-hybridized carbons (Fsp3) is 0.464. The number of hydrogen-bond acceptors (Lipinski definition) is 2. The molecule has 0 aromatic heterocycles. The molecule has 4 rings (SSSR count). The van der Waals surface area contributed by atoms with Crippen molar-refractivity contribution in [2.24, 2.45) is 5.92 Å². The molecule has 3 heteroatoms. The van der Waals surface area contributed by atoms with Gasteiger partial charge in [-0.2, -0.15) is 0 Å². The molecule has 0 amide bonds. The number of carbonyl (C=O) groups excluding carboxylic acids is 1. The monoisotopic (exact) mass is 432 g/mol. The van der Waals surface area contributed by atoms with Crippen LogP contribution < -0.4 is 0 Å². The SMILES string of the molecule is CC(C)[Si](OC12C=CCCC1C(=O)c1ccccc1-c1ccccc12)(C(C)C)C(C)C. The molecule has 2 aliphatic carbocycles. The van der Waals surface area contributed by atoms with E-state index in [0.29, 0.717) is 16.6 Å². The zero-order valence-electron chi connectivity index (χ0n) is 19.8. The second-order valence-corrected chi connectivity index (χ2v) is 15.6. The predicted octanol–water partition coefficient (Wildman–Crippen LogP) is 7.90. The molecule has 31 heavy (non-hydrogen) atoms. The average molecular weight is 433 g/mol. The van der Waals surface area contributed by atoms with E-state index < -0.39 is 13.9 Å². The number of allylic oxidation sites excluding steroid dienone is 1. The van der Waals surface area contributed by atoms with Crippen molar-refractivity contribution in [3.8, 4) is 11.1 Å². The molecule has 0 spiro atoms. The maximum absolute atomic E-state index is 14.0. The predicted molar refractivity (Wildman–Crippen MR) is 132 cm³/mol. The molecule has 2 aliphatic rings. The van der Waals surface area contributed by atoms with E-state index in [9.17, 15) is 4.79 Å². The van der Waals surface area contributed by atoms with Gasteiger partial charge in [0.1, 0.15) is 5.60 Å². The van der Waals surface area contributed by atoms with Crippen LogP contribution in [0.1, 0.15) is 70.3 Å². The number of hydrogen-bond donors (Lipinski definition) is 0. The molecule has 2 aromatic carbocycles. The average Bonchev–Trinajstić information content (AvgIpc) is 2.84. The van der Waals surface area contributed by atoms with Gasteiger partial charge in [-0.3, -0.25) is 4.79 Å². The summed E-state index contributed by atoms with van der Waals surface area (Å²) in [6.45, 7) is 13.9. The molecule has 0 aliphatic heterocycles. The Balaban J connectivity index is 2.04. The second kappa shape index (κ2) is 8.18. The molecule has 2 unspecified atom stereocenters. The van der Waals surface area contributed by atoms with Crippen LogP contribution in [0.3, 0.4) is 0 Å². The third-order valence-electron chi connectivity index (χ3n) is 7.71. The largest absolute Gasteiger partial charge is 0.402 e. The fourth-order valence-electron chi connectivity index (χ4n) is 6.44. The number of ketones is 1. The first-order valence-corrected chi connectivity index (χ1v) is 14.0. The Labute approximate surface area is 188 Å². The van der Waals surface area contributed by atoms with Gasteiger partial charge in [-0.15, -0.1) is 0 Å². The third kappa shape index (κ3) is 3.28. The van der Waals surface area contributed by atoms with Gasteiger partial charge in [-0.1, -0.05) is 102 Å². The van der Waals surface area contributed by atoms with E-state index in [0.717, 1.165) is 35.1 Å². The second-order valence-electron chi connectivity index (χ2n) is 10.2. The molecular formula is C28H36O2Si.